The highest BCUT2D eigenvalue weighted by Gasteiger charge is 2.08. The van der Waals surface area contributed by atoms with Gasteiger partial charge in [-0.2, -0.15) is 0 Å². The first-order valence-corrected chi connectivity index (χ1v) is 6.48. The van der Waals surface area contributed by atoms with E-state index >= 15 is 0 Å². The van der Waals surface area contributed by atoms with Gasteiger partial charge in [0.05, 0.1) is 14.8 Å². The van der Waals surface area contributed by atoms with Crippen molar-refractivity contribution in [2.75, 3.05) is 0 Å². The Morgan fingerprint density at radius 2 is 2.19 bits per heavy atom. The Labute approximate surface area is 106 Å². The van der Waals surface area contributed by atoms with E-state index in [4.69, 9.17) is 16.7 Å². The van der Waals surface area contributed by atoms with Crippen molar-refractivity contribution >= 4 is 40.7 Å². The van der Waals surface area contributed by atoms with Crippen molar-refractivity contribution < 1.29 is 9.90 Å². The van der Waals surface area contributed by atoms with E-state index in [-0.39, 0.29) is 5.56 Å². The van der Waals surface area contributed by atoms with Crippen LogP contribution in [-0.4, -0.2) is 11.1 Å². The fourth-order valence-electron chi connectivity index (χ4n) is 1.15. The number of aromatic carboxylic acids is 1. The van der Waals surface area contributed by atoms with Crippen LogP contribution >= 0.6 is 34.7 Å². The largest absolute Gasteiger partial charge is 0.478 e. The van der Waals surface area contributed by atoms with Crippen LogP contribution in [0.4, 0.5) is 0 Å². The van der Waals surface area contributed by atoms with Crippen molar-refractivity contribution in [2.45, 2.75) is 9.10 Å². The molecular formula is C11H7ClO2S2. The van der Waals surface area contributed by atoms with Crippen LogP contribution < -0.4 is 0 Å². The quantitative estimate of drug-likeness (QED) is 0.906. The Morgan fingerprint density at radius 1 is 1.38 bits per heavy atom. The molecule has 5 heteroatoms. The minimum atomic E-state index is -0.963. The summed E-state index contributed by atoms with van der Waals surface area (Å²) in [5.41, 5.74) is 0.209. The van der Waals surface area contributed by atoms with Crippen molar-refractivity contribution in [3.63, 3.8) is 0 Å². The van der Waals surface area contributed by atoms with Crippen LogP contribution in [-0.2, 0) is 0 Å². The van der Waals surface area contributed by atoms with Gasteiger partial charge in [-0.25, -0.2) is 4.79 Å². The van der Waals surface area contributed by atoms with E-state index in [2.05, 4.69) is 0 Å². The molecule has 0 aliphatic carbocycles. The van der Waals surface area contributed by atoms with Crippen LogP contribution in [0.25, 0.3) is 0 Å². The SMILES string of the molecule is O=C(O)c1ccc(Sc2cccs2)c(Cl)c1. The van der Waals surface area contributed by atoms with Gasteiger partial charge in [-0.05, 0) is 29.6 Å². The third kappa shape index (κ3) is 2.58. The molecule has 0 radical (unpaired) electrons. The smallest absolute Gasteiger partial charge is 0.335 e. The lowest BCUT2D eigenvalue weighted by atomic mass is 10.2. The molecule has 16 heavy (non-hydrogen) atoms. The highest BCUT2D eigenvalue weighted by Crippen LogP contribution is 2.36. The molecule has 0 saturated carbocycles. The van der Waals surface area contributed by atoms with Gasteiger partial charge >= 0.3 is 5.97 Å². The maximum Gasteiger partial charge on any atom is 0.335 e. The van der Waals surface area contributed by atoms with Crippen LogP contribution in [0.3, 0.4) is 0 Å². The van der Waals surface area contributed by atoms with Gasteiger partial charge in [-0.15, -0.1) is 11.3 Å². The molecule has 0 amide bonds. The summed E-state index contributed by atoms with van der Waals surface area (Å²) in [7, 11) is 0. The summed E-state index contributed by atoms with van der Waals surface area (Å²) in [6.45, 7) is 0. The fraction of sp³-hybridized carbons (Fsp3) is 0. The Balaban J connectivity index is 2.26. The topological polar surface area (TPSA) is 37.3 Å². The van der Waals surface area contributed by atoms with E-state index in [1.165, 1.54) is 17.8 Å². The molecule has 2 nitrogen and oxygen atoms in total. The van der Waals surface area contributed by atoms with Crippen LogP contribution in [0.15, 0.2) is 44.8 Å². The molecule has 1 aromatic carbocycles. The number of benzene rings is 1. The maximum absolute atomic E-state index is 10.7. The number of carboxylic acids is 1. The van der Waals surface area contributed by atoms with E-state index in [1.807, 2.05) is 17.5 Å². The molecule has 0 aliphatic rings. The van der Waals surface area contributed by atoms with Gasteiger partial charge in [-0.3, -0.25) is 0 Å². The second-order valence-electron chi connectivity index (χ2n) is 2.98. The van der Waals surface area contributed by atoms with Gasteiger partial charge in [0.15, 0.2) is 0 Å². The third-order valence-electron chi connectivity index (χ3n) is 1.88. The van der Waals surface area contributed by atoms with Crippen LogP contribution in [0.5, 0.6) is 0 Å². The van der Waals surface area contributed by atoms with Crippen LogP contribution in [0.2, 0.25) is 5.02 Å². The predicted octanol–water partition coefficient (Wildman–Crippen LogP) is 4.25. The highest BCUT2D eigenvalue weighted by molar-refractivity contribution is 8.01. The first-order valence-electron chi connectivity index (χ1n) is 4.41. The summed E-state index contributed by atoms with van der Waals surface area (Å²) >= 11 is 9.17. The minimum absolute atomic E-state index is 0.209. The minimum Gasteiger partial charge on any atom is -0.478 e. The second-order valence-corrected chi connectivity index (χ2v) is 5.68. The predicted molar refractivity (Wildman–Crippen MR) is 66.9 cm³/mol. The van der Waals surface area contributed by atoms with Crippen LogP contribution in [0, 0.1) is 0 Å². The van der Waals surface area contributed by atoms with E-state index in [1.54, 1.807) is 23.5 Å². The summed E-state index contributed by atoms with van der Waals surface area (Å²) in [6, 6.07) is 8.73. The van der Waals surface area contributed by atoms with Crippen molar-refractivity contribution in [1.82, 2.24) is 0 Å². The van der Waals surface area contributed by atoms with Gasteiger partial charge in [-0.1, -0.05) is 29.4 Å². The zero-order valence-electron chi connectivity index (χ0n) is 8.01. The number of thiophene rings is 1. The molecular weight excluding hydrogens is 264 g/mol. The number of halogens is 1. The summed E-state index contributed by atoms with van der Waals surface area (Å²) in [5.74, 6) is -0.963. The van der Waals surface area contributed by atoms with Gasteiger partial charge in [0.25, 0.3) is 0 Å². The molecule has 2 aromatic rings. The van der Waals surface area contributed by atoms with Crippen LogP contribution in [0.1, 0.15) is 10.4 Å². The first kappa shape index (κ1) is 11.5. The summed E-state index contributed by atoms with van der Waals surface area (Å²) in [6.07, 6.45) is 0. The first-order chi connectivity index (χ1) is 7.66. The lowest BCUT2D eigenvalue weighted by molar-refractivity contribution is 0.0697. The molecule has 0 saturated heterocycles. The van der Waals surface area contributed by atoms with Gasteiger partial charge in [0, 0.05) is 4.90 Å². The second kappa shape index (κ2) is 4.91. The van der Waals surface area contributed by atoms with Crippen molar-refractivity contribution in [3.8, 4) is 0 Å². The number of hydrogen-bond acceptors (Lipinski definition) is 3. The zero-order chi connectivity index (χ0) is 11.5. The normalized spacial score (nSPS) is 10.3. The number of carboxylic acid groups (broad SMARTS) is 1. The van der Waals surface area contributed by atoms with Gasteiger partial charge < -0.3 is 5.11 Å². The molecule has 0 spiro atoms. The average molecular weight is 271 g/mol. The summed E-state index contributed by atoms with van der Waals surface area (Å²) in [4.78, 5) is 11.6. The van der Waals surface area contributed by atoms with Gasteiger partial charge in [0.2, 0.25) is 0 Å². The average Bonchev–Trinajstić information content (AvgIpc) is 2.73. The molecule has 0 bridgehead atoms. The molecule has 1 aromatic heterocycles. The standard InChI is InChI=1S/C11H7ClO2S2/c12-8-6-7(11(13)14)3-4-9(8)16-10-2-1-5-15-10/h1-6H,(H,13,14). The monoisotopic (exact) mass is 270 g/mol. The molecule has 1 heterocycles. The zero-order valence-corrected chi connectivity index (χ0v) is 10.4. The number of hydrogen-bond donors (Lipinski definition) is 1. The molecule has 1 N–H and O–H groups in total. The van der Waals surface area contributed by atoms with Crippen molar-refractivity contribution in [1.29, 1.82) is 0 Å². The molecule has 0 fully saturated rings. The number of rotatable bonds is 3. The Kier molecular flexibility index (Phi) is 3.53. The highest BCUT2D eigenvalue weighted by atomic mass is 35.5. The van der Waals surface area contributed by atoms with Crippen molar-refractivity contribution in [3.05, 3.63) is 46.3 Å². The molecule has 0 aliphatic heterocycles. The Hall–Kier alpha value is -0.970. The number of carbonyl (C=O) groups is 1. The molecule has 0 atom stereocenters. The van der Waals surface area contributed by atoms with E-state index in [9.17, 15) is 4.79 Å². The lowest BCUT2D eigenvalue weighted by Crippen LogP contribution is -1.95. The Morgan fingerprint density at radius 3 is 2.75 bits per heavy atom. The molecule has 0 unspecified atom stereocenters. The molecule has 82 valence electrons. The maximum atomic E-state index is 10.7. The summed E-state index contributed by atoms with van der Waals surface area (Å²) in [5, 5.41) is 11.3. The molecule has 2 rings (SSSR count). The summed E-state index contributed by atoms with van der Waals surface area (Å²) < 4.78 is 1.13. The Bertz CT molecular complexity index is 509. The van der Waals surface area contributed by atoms with E-state index < -0.39 is 5.97 Å². The van der Waals surface area contributed by atoms with Crippen molar-refractivity contribution in [2.24, 2.45) is 0 Å². The fourth-order valence-corrected chi connectivity index (χ4v) is 3.18. The third-order valence-corrected chi connectivity index (χ3v) is 4.42. The lowest BCUT2D eigenvalue weighted by Gasteiger charge is -2.03. The van der Waals surface area contributed by atoms with E-state index in [0.29, 0.717) is 5.02 Å². The van der Waals surface area contributed by atoms with Gasteiger partial charge in [0.1, 0.15) is 0 Å². The van der Waals surface area contributed by atoms with E-state index in [0.717, 1.165) is 9.10 Å².